The monoisotopic (exact) mass is 413 g/mol. The average molecular weight is 413 g/mol. The molecule has 0 aliphatic carbocycles. The van der Waals surface area contributed by atoms with Gasteiger partial charge >= 0.3 is 5.97 Å². The van der Waals surface area contributed by atoms with Crippen LogP contribution in [0.25, 0.3) is 10.8 Å². The van der Waals surface area contributed by atoms with E-state index < -0.39 is 16.0 Å². The van der Waals surface area contributed by atoms with Gasteiger partial charge < -0.3 is 10.4 Å². The molecular formula is C21H23N3O4S. The van der Waals surface area contributed by atoms with Crippen molar-refractivity contribution in [2.45, 2.75) is 24.3 Å². The molecular weight excluding hydrogens is 390 g/mol. The lowest BCUT2D eigenvalue weighted by Gasteiger charge is -2.15. The number of carboxylic acid groups (broad SMARTS) is 1. The number of sulfonamides is 1. The molecule has 0 unspecified atom stereocenters. The molecule has 1 heterocycles. The van der Waals surface area contributed by atoms with E-state index in [-0.39, 0.29) is 16.5 Å². The number of nitrogens with zero attached hydrogens (tertiary/aromatic N) is 1. The van der Waals surface area contributed by atoms with Gasteiger partial charge in [0.25, 0.3) is 0 Å². The topological polar surface area (TPSA) is 108 Å². The van der Waals surface area contributed by atoms with Gasteiger partial charge in [-0.3, -0.25) is 4.98 Å². The second-order valence-corrected chi connectivity index (χ2v) is 8.58. The number of hydrogen-bond donors (Lipinski definition) is 3. The first-order valence-electron chi connectivity index (χ1n) is 9.24. The first kappa shape index (κ1) is 20.9. The summed E-state index contributed by atoms with van der Waals surface area (Å²) in [4.78, 5) is 15.1. The Morgan fingerprint density at radius 3 is 2.59 bits per heavy atom. The number of rotatable bonds is 9. The second-order valence-electron chi connectivity index (χ2n) is 6.86. The van der Waals surface area contributed by atoms with Crippen molar-refractivity contribution in [1.82, 2.24) is 15.0 Å². The Bertz CT molecular complexity index is 1100. The van der Waals surface area contributed by atoms with Crippen molar-refractivity contribution < 1.29 is 18.3 Å². The fourth-order valence-corrected chi connectivity index (χ4v) is 4.25. The van der Waals surface area contributed by atoms with Crippen molar-refractivity contribution in [2.75, 3.05) is 13.1 Å². The molecule has 29 heavy (non-hydrogen) atoms. The van der Waals surface area contributed by atoms with Gasteiger partial charge in [-0.2, -0.15) is 0 Å². The molecule has 3 rings (SSSR count). The Balaban J connectivity index is 1.50. The molecule has 8 heteroatoms. The van der Waals surface area contributed by atoms with Gasteiger partial charge in [0.2, 0.25) is 10.0 Å². The van der Waals surface area contributed by atoms with E-state index >= 15 is 0 Å². The SMILES string of the molecule is C[C@H](CNCCc1ccc(C(=O)O)cc1)NS(=O)(=O)c1ccc2cnccc2c1. The lowest BCUT2D eigenvalue weighted by atomic mass is 10.1. The highest BCUT2D eigenvalue weighted by molar-refractivity contribution is 7.89. The van der Waals surface area contributed by atoms with Gasteiger partial charge in [-0.1, -0.05) is 18.2 Å². The normalized spacial score (nSPS) is 12.7. The smallest absolute Gasteiger partial charge is 0.335 e. The molecule has 0 bridgehead atoms. The van der Waals surface area contributed by atoms with Crippen molar-refractivity contribution in [3.05, 3.63) is 72.1 Å². The average Bonchev–Trinajstić information content (AvgIpc) is 2.71. The summed E-state index contributed by atoms with van der Waals surface area (Å²) < 4.78 is 27.9. The quantitative estimate of drug-likeness (QED) is 0.465. The summed E-state index contributed by atoms with van der Waals surface area (Å²) in [6, 6.07) is 13.2. The molecule has 7 nitrogen and oxygen atoms in total. The van der Waals surface area contributed by atoms with Crippen molar-refractivity contribution in [2.24, 2.45) is 0 Å². The Labute approximate surface area is 169 Å². The Hall–Kier alpha value is -2.81. The zero-order valence-electron chi connectivity index (χ0n) is 16.0. The second kappa shape index (κ2) is 9.13. The summed E-state index contributed by atoms with van der Waals surface area (Å²) >= 11 is 0. The summed E-state index contributed by atoms with van der Waals surface area (Å²) in [6.07, 6.45) is 4.05. The van der Waals surface area contributed by atoms with Crippen LogP contribution < -0.4 is 10.0 Å². The van der Waals surface area contributed by atoms with Crippen LogP contribution in [0.4, 0.5) is 0 Å². The van der Waals surface area contributed by atoms with Crippen LogP contribution in [0.5, 0.6) is 0 Å². The Morgan fingerprint density at radius 2 is 1.86 bits per heavy atom. The molecule has 0 saturated heterocycles. The summed E-state index contributed by atoms with van der Waals surface area (Å²) in [6.45, 7) is 2.93. The van der Waals surface area contributed by atoms with E-state index in [1.807, 2.05) is 0 Å². The van der Waals surface area contributed by atoms with Gasteiger partial charge in [-0.05, 0) is 61.2 Å². The number of pyridine rings is 1. The molecule has 0 aliphatic heterocycles. The van der Waals surface area contributed by atoms with Crippen LogP contribution in [-0.2, 0) is 16.4 Å². The molecule has 0 amide bonds. The van der Waals surface area contributed by atoms with E-state index in [0.717, 1.165) is 22.8 Å². The molecule has 0 saturated carbocycles. The van der Waals surface area contributed by atoms with Crippen LogP contribution in [0.2, 0.25) is 0 Å². The number of benzene rings is 2. The molecule has 0 fully saturated rings. The molecule has 1 atom stereocenters. The number of carbonyl (C=O) groups is 1. The lowest BCUT2D eigenvalue weighted by molar-refractivity contribution is 0.0697. The number of fused-ring (bicyclic) bond motifs is 1. The van der Waals surface area contributed by atoms with Crippen molar-refractivity contribution in [3.63, 3.8) is 0 Å². The number of hydrogen-bond acceptors (Lipinski definition) is 5. The molecule has 2 aromatic carbocycles. The highest BCUT2D eigenvalue weighted by atomic mass is 32.2. The van der Waals surface area contributed by atoms with E-state index in [9.17, 15) is 13.2 Å². The van der Waals surface area contributed by atoms with Gasteiger partial charge in [-0.25, -0.2) is 17.9 Å². The highest BCUT2D eigenvalue weighted by Gasteiger charge is 2.17. The first-order chi connectivity index (χ1) is 13.8. The predicted molar refractivity (Wildman–Crippen MR) is 112 cm³/mol. The number of nitrogens with one attached hydrogen (secondary N) is 2. The maximum absolute atomic E-state index is 12.6. The van der Waals surface area contributed by atoms with Crippen LogP contribution in [0.15, 0.2) is 65.8 Å². The maximum Gasteiger partial charge on any atom is 0.335 e. The Morgan fingerprint density at radius 1 is 1.10 bits per heavy atom. The molecule has 3 aromatic rings. The number of aromatic carboxylic acids is 1. The summed E-state index contributed by atoms with van der Waals surface area (Å²) in [5.74, 6) is -0.945. The maximum atomic E-state index is 12.6. The minimum atomic E-state index is -3.62. The van der Waals surface area contributed by atoms with E-state index in [4.69, 9.17) is 5.11 Å². The first-order valence-corrected chi connectivity index (χ1v) is 10.7. The number of carboxylic acids is 1. The molecule has 152 valence electrons. The molecule has 1 aromatic heterocycles. The lowest BCUT2D eigenvalue weighted by Crippen LogP contribution is -2.40. The van der Waals surface area contributed by atoms with Gasteiger partial charge in [0.15, 0.2) is 0 Å². The van der Waals surface area contributed by atoms with Crippen LogP contribution in [0, 0.1) is 0 Å². The molecule has 0 aliphatic rings. The van der Waals surface area contributed by atoms with E-state index in [1.165, 1.54) is 0 Å². The predicted octanol–water partition coefficient (Wildman–Crippen LogP) is 2.43. The van der Waals surface area contributed by atoms with Crippen molar-refractivity contribution in [1.29, 1.82) is 0 Å². The minimum absolute atomic E-state index is 0.224. The fourth-order valence-electron chi connectivity index (χ4n) is 2.97. The van der Waals surface area contributed by atoms with Gasteiger partial charge in [-0.15, -0.1) is 0 Å². The summed E-state index contributed by atoms with van der Waals surface area (Å²) in [5.41, 5.74) is 1.27. The van der Waals surface area contributed by atoms with Crippen LogP contribution in [0.1, 0.15) is 22.8 Å². The van der Waals surface area contributed by atoms with E-state index in [0.29, 0.717) is 13.1 Å². The highest BCUT2D eigenvalue weighted by Crippen LogP contribution is 2.18. The Kier molecular flexibility index (Phi) is 6.58. The minimum Gasteiger partial charge on any atom is -0.478 e. The van der Waals surface area contributed by atoms with Gasteiger partial charge in [0, 0.05) is 30.4 Å². The third-order valence-electron chi connectivity index (χ3n) is 4.52. The van der Waals surface area contributed by atoms with E-state index in [2.05, 4.69) is 15.0 Å². The van der Waals surface area contributed by atoms with E-state index in [1.54, 1.807) is 67.8 Å². The van der Waals surface area contributed by atoms with Crippen molar-refractivity contribution >= 4 is 26.8 Å². The zero-order valence-corrected chi connectivity index (χ0v) is 16.8. The third-order valence-corrected chi connectivity index (χ3v) is 6.11. The summed E-state index contributed by atoms with van der Waals surface area (Å²) in [5, 5.41) is 13.8. The van der Waals surface area contributed by atoms with Gasteiger partial charge in [0.1, 0.15) is 0 Å². The van der Waals surface area contributed by atoms with Gasteiger partial charge in [0.05, 0.1) is 10.5 Å². The standard InChI is InChI=1S/C21H23N3O4S/c1-15(13-22-10-8-16-2-4-17(5-3-16)21(25)26)24-29(27,28)20-7-6-19-14-23-11-9-18(19)12-20/h2-7,9,11-12,14-15,22,24H,8,10,13H2,1H3,(H,25,26)/t15-/m1/s1. The van der Waals surface area contributed by atoms with Crippen LogP contribution in [0.3, 0.4) is 0 Å². The summed E-state index contributed by atoms with van der Waals surface area (Å²) in [7, 11) is -3.62. The zero-order chi connectivity index (χ0) is 20.9. The largest absolute Gasteiger partial charge is 0.478 e. The van der Waals surface area contributed by atoms with Crippen molar-refractivity contribution in [3.8, 4) is 0 Å². The van der Waals surface area contributed by atoms with Crippen LogP contribution >= 0.6 is 0 Å². The molecule has 0 radical (unpaired) electrons. The third kappa shape index (κ3) is 5.60. The van der Waals surface area contributed by atoms with Crippen LogP contribution in [-0.4, -0.2) is 43.6 Å². The molecule has 0 spiro atoms. The molecule has 3 N–H and O–H groups in total. The number of aromatic nitrogens is 1. The fraction of sp³-hybridized carbons (Fsp3) is 0.238.